The van der Waals surface area contributed by atoms with Gasteiger partial charge in [-0.05, 0) is 47.9 Å². The Bertz CT molecular complexity index is 683. The SMILES string of the molecule is CCCCC#Cc1ccc(Cc2ccc(C#CCCCC)nc2)cn1. The molecule has 2 aromatic heterocycles. The van der Waals surface area contributed by atoms with Crippen molar-refractivity contribution >= 4 is 0 Å². The monoisotopic (exact) mass is 330 g/mol. The first kappa shape index (κ1) is 18.8. The molecule has 0 aliphatic rings. The molecule has 0 bridgehead atoms. The van der Waals surface area contributed by atoms with Crippen LogP contribution in [0.1, 0.15) is 74.9 Å². The van der Waals surface area contributed by atoms with Gasteiger partial charge in [0.05, 0.1) is 0 Å². The van der Waals surface area contributed by atoms with E-state index in [2.05, 4.69) is 59.6 Å². The topological polar surface area (TPSA) is 25.8 Å². The highest BCUT2D eigenvalue weighted by Crippen LogP contribution is 2.09. The Morgan fingerprint density at radius 1 is 0.720 bits per heavy atom. The van der Waals surface area contributed by atoms with Crippen molar-refractivity contribution < 1.29 is 0 Å². The predicted molar refractivity (Wildman–Crippen MR) is 104 cm³/mol. The van der Waals surface area contributed by atoms with Crippen LogP contribution in [0.3, 0.4) is 0 Å². The van der Waals surface area contributed by atoms with Gasteiger partial charge in [0.1, 0.15) is 11.4 Å². The van der Waals surface area contributed by atoms with E-state index in [-0.39, 0.29) is 0 Å². The van der Waals surface area contributed by atoms with Gasteiger partial charge in [0.25, 0.3) is 0 Å². The van der Waals surface area contributed by atoms with Crippen molar-refractivity contribution in [3.8, 4) is 23.7 Å². The highest BCUT2D eigenvalue weighted by atomic mass is 14.7. The van der Waals surface area contributed by atoms with Crippen molar-refractivity contribution in [2.75, 3.05) is 0 Å². The molecule has 0 saturated heterocycles. The van der Waals surface area contributed by atoms with E-state index in [1.807, 2.05) is 24.5 Å². The molecule has 0 aliphatic heterocycles. The maximum atomic E-state index is 4.43. The molecule has 2 nitrogen and oxygen atoms in total. The van der Waals surface area contributed by atoms with Gasteiger partial charge in [0.15, 0.2) is 0 Å². The first-order valence-corrected chi connectivity index (χ1v) is 9.19. The van der Waals surface area contributed by atoms with Gasteiger partial charge in [0.2, 0.25) is 0 Å². The third-order valence-electron chi connectivity index (χ3n) is 3.80. The van der Waals surface area contributed by atoms with Gasteiger partial charge in [-0.3, -0.25) is 0 Å². The van der Waals surface area contributed by atoms with Gasteiger partial charge in [-0.15, -0.1) is 0 Å². The molecule has 0 N–H and O–H groups in total. The van der Waals surface area contributed by atoms with Gasteiger partial charge < -0.3 is 0 Å². The summed E-state index contributed by atoms with van der Waals surface area (Å²) < 4.78 is 0. The molecule has 2 aromatic rings. The van der Waals surface area contributed by atoms with Crippen LogP contribution in [0.5, 0.6) is 0 Å². The number of nitrogens with zero attached hydrogens (tertiary/aromatic N) is 2. The predicted octanol–water partition coefficient (Wildman–Crippen LogP) is 5.15. The molecule has 128 valence electrons. The summed E-state index contributed by atoms with van der Waals surface area (Å²) in [4.78, 5) is 8.86. The largest absolute Gasteiger partial charge is 0.248 e. The van der Waals surface area contributed by atoms with Crippen LogP contribution in [-0.4, -0.2) is 9.97 Å². The molecule has 0 amide bonds. The molecule has 2 heteroatoms. The molecule has 2 rings (SSSR count). The standard InChI is InChI=1S/C23H26N2/c1-3-5-7-9-11-22-15-13-20(18-24-22)17-21-14-16-23(25-19-21)12-10-8-6-4-2/h13-16,18-19H,3-8,17H2,1-2H3. The van der Waals surface area contributed by atoms with Crippen LogP contribution >= 0.6 is 0 Å². The molecule has 0 radical (unpaired) electrons. The normalized spacial score (nSPS) is 9.68. The second kappa shape index (κ2) is 11.1. The maximum absolute atomic E-state index is 4.43. The Labute approximate surface area is 152 Å². The fourth-order valence-corrected chi connectivity index (χ4v) is 2.28. The van der Waals surface area contributed by atoms with Gasteiger partial charge in [-0.2, -0.15) is 0 Å². The zero-order valence-electron chi connectivity index (χ0n) is 15.3. The number of unbranched alkanes of at least 4 members (excludes halogenated alkanes) is 4. The molecule has 0 aliphatic carbocycles. The Morgan fingerprint density at radius 3 is 1.56 bits per heavy atom. The van der Waals surface area contributed by atoms with Crippen LogP contribution in [0.2, 0.25) is 0 Å². The Hall–Kier alpha value is -2.58. The van der Waals surface area contributed by atoms with E-state index >= 15 is 0 Å². The van der Waals surface area contributed by atoms with Gasteiger partial charge >= 0.3 is 0 Å². The molecule has 2 heterocycles. The lowest BCUT2D eigenvalue weighted by atomic mass is 10.1. The van der Waals surface area contributed by atoms with Gasteiger partial charge in [-0.25, -0.2) is 9.97 Å². The van der Waals surface area contributed by atoms with Crippen LogP contribution in [0.25, 0.3) is 0 Å². The molecular formula is C23H26N2. The Kier molecular flexibility index (Phi) is 8.30. The number of rotatable bonds is 6. The smallest absolute Gasteiger partial charge is 0.113 e. The minimum absolute atomic E-state index is 0.826. The van der Waals surface area contributed by atoms with Crippen molar-refractivity contribution in [3.05, 3.63) is 59.2 Å². The summed E-state index contributed by atoms with van der Waals surface area (Å²) in [6.07, 6.45) is 11.2. The highest BCUT2D eigenvalue weighted by Gasteiger charge is 1.98. The lowest BCUT2D eigenvalue weighted by molar-refractivity contribution is 0.828. The van der Waals surface area contributed by atoms with Crippen LogP contribution in [0, 0.1) is 23.7 Å². The van der Waals surface area contributed by atoms with Crippen molar-refractivity contribution in [2.24, 2.45) is 0 Å². The van der Waals surface area contributed by atoms with Crippen LogP contribution in [0.4, 0.5) is 0 Å². The lowest BCUT2D eigenvalue weighted by Crippen LogP contribution is -1.93. The van der Waals surface area contributed by atoms with Crippen LogP contribution < -0.4 is 0 Å². The van der Waals surface area contributed by atoms with E-state index in [1.165, 1.54) is 24.0 Å². The Morgan fingerprint density at radius 2 is 1.20 bits per heavy atom. The number of pyridine rings is 2. The fourth-order valence-electron chi connectivity index (χ4n) is 2.28. The second-order valence-electron chi connectivity index (χ2n) is 6.09. The molecule has 0 fully saturated rings. The summed E-state index contributed by atoms with van der Waals surface area (Å²) in [6, 6.07) is 8.18. The summed E-state index contributed by atoms with van der Waals surface area (Å²) in [5.41, 5.74) is 4.02. The minimum atomic E-state index is 0.826. The second-order valence-corrected chi connectivity index (χ2v) is 6.09. The summed E-state index contributed by atoms with van der Waals surface area (Å²) in [5.74, 6) is 12.6. The highest BCUT2D eigenvalue weighted by molar-refractivity contribution is 5.33. The molecule has 25 heavy (non-hydrogen) atoms. The zero-order valence-corrected chi connectivity index (χ0v) is 15.3. The summed E-state index contributed by atoms with van der Waals surface area (Å²) in [7, 11) is 0. The van der Waals surface area contributed by atoms with Gasteiger partial charge in [0, 0.05) is 31.7 Å². The van der Waals surface area contributed by atoms with Crippen molar-refractivity contribution in [3.63, 3.8) is 0 Å². The van der Waals surface area contributed by atoms with E-state index in [9.17, 15) is 0 Å². The maximum Gasteiger partial charge on any atom is 0.113 e. The van der Waals surface area contributed by atoms with Crippen molar-refractivity contribution in [1.29, 1.82) is 0 Å². The van der Waals surface area contributed by atoms with Crippen molar-refractivity contribution in [2.45, 2.75) is 58.8 Å². The van der Waals surface area contributed by atoms with Crippen LogP contribution in [0.15, 0.2) is 36.7 Å². The molecule has 0 aromatic carbocycles. The molecule has 0 atom stereocenters. The van der Waals surface area contributed by atoms with Crippen molar-refractivity contribution in [1.82, 2.24) is 9.97 Å². The van der Waals surface area contributed by atoms with Crippen LogP contribution in [-0.2, 0) is 6.42 Å². The summed E-state index contributed by atoms with van der Waals surface area (Å²) in [5, 5.41) is 0. The molecule has 0 spiro atoms. The number of hydrogen-bond acceptors (Lipinski definition) is 2. The van der Waals surface area contributed by atoms with E-state index in [1.54, 1.807) is 0 Å². The molecule has 0 unspecified atom stereocenters. The average Bonchev–Trinajstić information content (AvgIpc) is 2.65. The molecular weight excluding hydrogens is 304 g/mol. The lowest BCUT2D eigenvalue weighted by Gasteiger charge is -2.01. The fraction of sp³-hybridized carbons (Fsp3) is 0.391. The van der Waals surface area contributed by atoms with E-state index in [0.717, 1.165) is 43.5 Å². The van der Waals surface area contributed by atoms with E-state index in [4.69, 9.17) is 0 Å². The third-order valence-corrected chi connectivity index (χ3v) is 3.80. The minimum Gasteiger partial charge on any atom is -0.248 e. The summed E-state index contributed by atoms with van der Waals surface area (Å²) in [6.45, 7) is 4.35. The summed E-state index contributed by atoms with van der Waals surface area (Å²) >= 11 is 0. The zero-order chi connectivity index (χ0) is 17.7. The first-order chi connectivity index (χ1) is 12.3. The number of aromatic nitrogens is 2. The van der Waals surface area contributed by atoms with E-state index in [0.29, 0.717) is 0 Å². The quantitative estimate of drug-likeness (QED) is 0.540. The molecule has 0 saturated carbocycles. The third kappa shape index (κ3) is 7.23. The Balaban J connectivity index is 1.90. The first-order valence-electron chi connectivity index (χ1n) is 9.19. The van der Waals surface area contributed by atoms with E-state index < -0.39 is 0 Å². The number of hydrogen-bond donors (Lipinski definition) is 0. The van der Waals surface area contributed by atoms with Gasteiger partial charge in [-0.1, -0.05) is 50.7 Å². The average molecular weight is 330 g/mol.